The maximum Gasteiger partial charge on any atom is 0.309 e. The number of para-hydroxylation sites is 1. The second-order valence-corrected chi connectivity index (χ2v) is 6.97. The molecule has 0 unspecified atom stereocenters. The molecule has 0 radical (unpaired) electrons. The van der Waals surface area contributed by atoms with E-state index in [0.717, 1.165) is 28.4 Å². The molecule has 2 aromatic heterocycles. The van der Waals surface area contributed by atoms with Crippen molar-refractivity contribution in [2.75, 3.05) is 0 Å². The van der Waals surface area contributed by atoms with E-state index in [9.17, 15) is 9.59 Å². The van der Waals surface area contributed by atoms with Crippen LogP contribution in [0.3, 0.4) is 0 Å². The summed E-state index contributed by atoms with van der Waals surface area (Å²) in [7, 11) is 0. The van der Waals surface area contributed by atoms with Gasteiger partial charge in [0.05, 0.1) is 13.1 Å². The van der Waals surface area contributed by atoms with E-state index in [1.807, 2.05) is 61.5 Å². The zero-order valence-corrected chi connectivity index (χ0v) is 16.6. The molecule has 6 nitrogen and oxygen atoms in total. The highest BCUT2D eigenvalue weighted by Gasteiger charge is 2.15. The standard InChI is InChI=1S/C24H22N2O4/c1-2-3-6-16-9-10-22-18(11-16)13-20(30-22)15-26-24(28)23(27)25-14-19-12-17-7-4-5-8-21(17)29-19/h2-5,7-13H,6,14-15H2,1H3,(H,25,27)(H,26,28)/b3-2-. The summed E-state index contributed by atoms with van der Waals surface area (Å²) in [6.07, 6.45) is 4.96. The molecule has 6 heteroatoms. The highest BCUT2D eigenvalue weighted by molar-refractivity contribution is 6.35. The summed E-state index contributed by atoms with van der Waals surface area (Å²) in [4.78, 5) is 24.2. The quantitative estimate of drug-likeness (QED) is 0.373. The van der Waals surface area contributed by atoms with Crippen molar-refractivity contribution in [1.82, 2.24) is 10.6 Å². The van der Waals surface area contributed by atoms with Crippen LogP contribution in [0.1, 0.15) is 24.0 Å². The van der Waals surface area contributed by atoms with Crippen LogP contribution in [0, 0.1) is 0 Å². The molecule has 0 aliphatic carbocycles. The van der Waals surface area contributed by atoms with Crippen molar-refractivity contribution >= 4 is 33.8 Å². The monoisotopic (exact) mass is 402 g/mol. The molecule has 2 aromatic carbocycles. The molecule has 4 rings (SSSR count). The van der Waals surface area contributed by atoms with Crippen LogP contribution in [0.15, 0.2) is 75.6 Å². The first-order valence-electron chi connectivity index (χ1n) is 9.78. The minimum Gasteiger partial charge on any atom is -0.459 e. The van der Waals surface area contributed by atoms with Crippen LogP contribution in [-0.2, 0) is 29.1 Å². The third kappa shape index (κ3) is 4.43. The van der Waals surface area contributed by atoms with Crippen LogP contribution in [0.5, 0.6) is 0 Å². The maximum atomic E-state index is 12.1. The fraction of sp³-hybridized carbons (Fsp3) is 0.167. The first-order chi connectivity index (χ1) is 14.6. The lowest BCUT2D eigenvalue weighted by atomic mass is 10.1. The third-order valence-electron chi connectivity index (χ3n) is 4.75. The minimum absolute atomic E-state index is 0.135. The molecule has 0 saturated carbocycles. The fourth-order valence-corrected chi connectivity index (χ4v) is 3.24. The van der Waals surface area contributed by atoms with E-state index in [2.05, 4.69) is 22.8 Å². The second-order valence-electron chi connectivity index (χ2n) is 6.97. The van der Waals surface area contributed by atoms with Gasteiger partial charge in [-0.1, -0.05) is 36.4 Å². The lowest BCUT2D eigenvalue weighted by molar-refractivity contribution is -0.139. The summed E-state index contributed by atoms with van der Waals surface area (Å²) in [6.45, 7) is 2.26. The highest BCUT2D eigenvalue weighted by atomic mass is 16.3. The predicted octanol–water partition coefficient (Wildman–Crippen LogP) is 4.23. The molecule has 4 aromatic rings. The van der Waals surface area contributed by atoms with Gasteiger partial charge in [0.15, 0.2) is 0 Å². The normalized spacial score (nSPS) is 11.4. The van der Waals surface area contributed by atoms with Crippen molar-refractivity contribution in [1.29, 1.82) is 0 Å². The molecule has 0 saturated heterocycles. The van der Waals surface area contributed by atoms with Gasteiger partial charge < -0.3 is 19.5 Å². The summed E-state index contributed by atoms with van der Waals surface area (Å²) in [6, 6.07) is 17.3. The van der Waals surface area contributed by atoms with E-state index >= 15 is 0 Å². The summed E-state index contributed by atoms with van der Waals surface area (Å²) >= 11 is 0. The van der Waals surface area contributed by atoms with Crippen molar-refractivity contribution in [2.45, 2.75) is 26.4 Å². The van der Waals surface area contributed by atoms with E-state index in [4.69, 9.17) is 8.83 Å². The molecular formula is C24H22N2O4. The zero-order valence-electron chi connectivity index (χ0n) is 16.6. The van der Waals surface area contributed by atoms with E-state index in [0.29, 0.717) is 11.5 Å². The number of nitrogens with one attached hydrogen (secondary N) is 2. The van der Waals surface area contributed by atoms with Crippen molar-refractivity contribution in [3.8, 4) is 0 Å². The number of hydrogen-bond acceptors (Lipinski definition) is 4. The molecule has 30 heavy (non-hydrogen) atoms. The third-order valence-corrected chi connectivity index (χ3v) is 4.75. The van der Waals surface area contributed by atoms with E-state index < -0.39 is 11.8 Å². The first-order valence-corrected chi connectivity index (χ1v) is 9.78. The lowest BCUT2D eigenvalue weighted by Gasteiger charge is -2.03. The number of benzene rings is 2. The highest BCUT2D eigenvalue weighted by Crippen LogP contribution is 2.21. The van der Waals surface area contributed by atoms with Gasteiger partial charge in [-0.2, -0.15) is 0 Å². The Balaban J connectivity index is 1.31. The van der Waals surface area contributed by atoms with Crippen LogP contribution in [-0.4, -0.2) is 11.8 Å². The van der Waals surface area contributed by atoms with Crippen molar-refractivity contribution in [3.63, 3.8) is 0 Å². The van der Waals surface area contributed by atoms with Crippen LogP contribution < -0.4 is 10.6 Å². The van der Waals surface area contributed by atoms with E-state index in [-0.39, 0.29) is 13.1 Å². The maximum absolute atomic E-state index is 12.1. The molecule has 152 valence electrons. The number of carbonyl (C=O) groups is 2. The summed E-state index contributed by atoms with van der Waals surface area (Å²) in [5.74, 6) is -0.268. The van der Waals surface area contributed by atoms with E-state index in [1.54, 1.807) is 0 Å². The van der Waals surface area contributed by atoms with Gasteiger partial charge >= 0.3 is 11.8 Å². The largest absolute Gasteiger partial charge is 0.459 e. The van der Waals surface area contributed by atoms with Gasteiger partial charge in [0, 0.05) is 10.8 Å². The molecule has 0 aliphatic heterocycles. The number of carbonyl (C=O) groups excluding carboxylic acids is 2. The molecule has 2 N–H and O–H groups in total. The summed E-state index contributed by atoms with van der Waals surface area (Å²) in [5.41, 5.74) is 2.67. The Bertz CT molecular complexity index is 1200. The Morgan fingerprint density at radius 2 is 1.47 bits per heavy atom. The molecular weight excluding hydrogens is 380 g/mol. The zero-order chi connectivity index (χ0) is 20.9. The van der Waals surface area contributed by atoms with Gasteiger partial charge in [-0.15, -0.1) is 0 Å². The van der Waals surface area contributed by atoms with Gasteiger partial charge in [-0.3, -0.25) is 9.59 Å². The number of furan rings is 2. The van der Waals surface area contributed by atoms with Crippen molar-refractivity contribution in [3.05, 3.63) is 83.8 Å². The van der Waals surface area contributed by atoms with Crippen molar-refractivity contribution < 1.29 is 18.4 Å². The van der Waals surface area contributed by atoms with Crippen LogP contribution in [0.4, 0.5) is 0 Å². The summed E-state index contributed by atoms with van der Waals surface area (Å²) < 4.78 is 11.4. The smallest absolute Gasteiger partial charge is 0.309 e. The van der Waals surface area contributed by atoms with Crippen LogP contribution in [0.25, 0.3) is 21.9 Å². The Morgan fingerprint density at radius 1 is 0.833 bits per heavy atom. The Morgan fingerprint density at radius 3 is 2.13 bits per heavy atom. The molecule has 0 aliphatic rings. The Kier molecular flexibility index (Phi) is 5.66. The van der Waals surface area contributed by atoms with Gasteiger partial charge in [0.25, 0.3) is 0 Å². The average Bonchev–Trinajstić information content (AvgIpc) is 3.37. The summed E-state index contributed by atoms with van der Waals surface area (Å²) in [5, 5.41) is 7.07. The van der Waals surface area contributed by atoms with Gasteiger partial charge in [-0.25, -0.2) is 0 Å². The van der Waals surface area contributed by atoms with Gasteiger partial charge in [0.1, 0.15) is 22.7 Å². The first kappa shape index (κ1) is 19.5. The average molecular weight is 402 g/mol. The van der Waals surface area contributed by atoms with Crippen LogP contribution in [0.2, 0.25) is 0 Å². The number of amides is 2. The van der Waals surface area contributed by atoms with Gasteiger partial charge in [-0.05, 0) is 49.2 Å². The Hall–Kier alpha value is -3.80. The number of rotatable bonds is 6. The SMILES string of the molecule is C/C=C\Cc1ccc2oc(CNC(=O)C(=O)NCc3cc4ccccc4o3)cc2c1. The second kappa shape index (κ2) is 8.69. The molecule has 0 atom stereocenters. The fourth-order valence-electron chi connectivity index (χ4n) is 3.24. The number of allylic oxidation sites excluding steroid dienone is 2. The number of hydrogen-bond donors (Lipinski definition) is 2. The van der Waals surface area contributed by atoms with Crippen molar-refractivity contribution in [2.24, 2.45) is 0 Å². The number of fused-ring (bicyclic) bond motifs is 2. The predicted molar refractivity (Wildman–Crippen MR) is 115 cm³/mol. The van der Waals surface area contributed by atoms with E-state index in [1.165, 1.54) is 5.56 Å². The molecule has 0 bridgehead atoms. The minimum atomic E-state index is -0.722. The molecule has 2 heterocycles. The molecule has 0 fully saturated rings. The molecule has 2 amide bonds. The van der Waals surface area contributed by atoms with Crippen LogP contribution >= 0.6 is 0 Å². The lowest BCUT2D eigenvalue weighted by Crippen LogP contribution is -2.39. The topological polar surface area (TPSA) is 84.5 Å². The Labute approximate surface area is 173 Å². The molecule has 0 spiro atoms. The van der Waals surface area contributed by atoms with Gasteiger partial charge in [0.2, 0.25) is 0 Å².